The summed E-state index contributed by atoms with van der Waals surface area (Å²) < 4.78 is 1.75. The van der Waals surface area contributed by atoms with Crippen LogP contribution in [0.25, 0.3) is 0 Å². The Morgan fingerprint density at radius 2 is 2.20 bits per heavy atom. The maximum absolute atomic E-state index is 11.0. The molecule has 1 aromatic heterocycles. The van der Waals surface area contributed by atoms with Gasteiger partial charge >= 0.3 is 5.97 Å². The van der Waals surface area contributed by atoms with Crippen LogP contribution in [0.5, 0.6) is 0 Å². The van der Waals surface area contributed by atoms with E-state index in [9.17, 15) is 4.79 Å². The second kappa shape index (κ2) is 4.00. The van der Waals surface area contributed by atoms with Crippen molar-refractivity contribution in [3.8, 4) is 0 Å². The minimum absolute atomic E-state index is 0.201. The number of nitrogens with zero attached hydrogens (tertiary/aromatic N) is 3. The van der Waals surface area contributed by atoms with Crippen LogP contribution in [-0.2, 0) is 11.2 Å². The highest BCUT2D eigenvalue weighted by Crippen LogP contribution is 2.21. The molecule has 1 N–H and O–H groups in total. The van der Waals surface area contributed by atoms with E-state index >= 15 is 0 Å². The SMILES string of the molecule is CC(C)n1ncnc1CC(C)(C)C(=O)O. The lowest BCUT2D eigenvalue weighted by atomic mass is 9.89. The fourth-order valence-corrected chi connectivity index (χ4v) is 1.30. The van der Waals surface area contributed by atoms with Gasteiger partial charge in [0.05, 0.1) is 5.41 Å². The van der Waals surface area contributed by atoms with Crippen molar-refractivity contribution in [3.05, 3.63) is 12.2 Å². The van der Waals surface area contributed by atoms with E-state index in [4.69, 9.17) is 5.11 Å². The molecule has 0 atom stereocenters. The highest BCUT2D eigenvalue weighted by atomic mass is 16.4. The lowest BCUT2D eigenvalue weighted by Gasteiger charge is -2.19. The van der Waals surface area contributed by atoms with Gasteiger partial charge in [-0.2, -0.15) is 5.10 Å². The Hall–Kier alpha value is -1.39. The Bertz CT molecular complexity index is 355. The number of aliphatic carboxylic acids is 1. The van der Waals surface area contributed by atoms with Gasteiger partial charge in [-0.05, 0) is 27.7 Å². The van der Waals surface area contributed by atoms with Gasteiger partial charge in [-0.3, -0.25) is 4.79 Å². The maximum atomic E-state index is 11.0. The third-order valence-electron chi connectivity index (χ3n) is 2.32. The van der Waals surface area contributed by atoms with Crippen molar-refractivity contribution in [3.63, 3.8) is 0 Å². The number of carboxylic acid groups (broad SMARTS) is 1. The van der Waals surface area contributed by atoms with Crippen molar-refractivity contribution in [1.29, 1.82) is 0 Å². The summed E-state index contributed by atoms with van der Waals surface area (Å²) in [4.78, 5) is 15.1. The van der Waals surface area contributed by atoms with E-state index in [1.807, 2.05) is 13.8 Å². The highest BCUT2D eigenvalue weighted by Gasteiger charge is 2.29. The van der Waals surface area contributed by atoms with Gasteiger partial charge in [0, 0.05) is 12.5 Å². The van der Waals surface area contributed by atoms with Crippen LogP contribution in [0, 0.1) is 5.41 Å². The van der Waals surface area contributed by atoms with Gasteiger partial charge in [0.2, 0.25) is 0 Å². The predicted molar refractivity (Wildman–Crippen MR) is 55.5 cm³/mol. The number of aromatic nitrogens is 3. The standard InChI is InChI=1S/C10H17N3O2/c1-7(2)13-8(11-6-12-13)5-10(3,4)9(14)15/h6-7H,5H2,1-4H3,(H,14,15). The molecule has 0 unspecified atom stereocenters. The average Bonchev–Trinajstić information content (AvgIpc) is 2.51. The summed E-state index contributed by atoms with van der Waals surface area (Å²) in [6.07, 6.45) is 1.85. The van der Waals surface area contributed by atoms with Crippen LogP contribution < -0.4 is 0 Å². The molecule has 0 amide bonds. The molecule has 0 saturated carbocycles. The van der Waals surface area contributed by atoms with Crippen molar-refractivity contribution in [2.45, 2.75) is 40.2 Å². The predicted octanol–water partition coefficient (Wildman–Crippen LogP) is 1.51. The fourth-order valence-electron chi connectivity index (χ4n) is 1.30. The van der Waals surface area contributed by atoms with E-state index in [-0.39, 0.29) is 6.04 Å². The molecule has 5 heteroatoms. The second-order valence-corrected chi connectivity index (χ2v) is 4.58. The van der Waals surface area contributed by atoms with E-state index in [1.165, 1.54) is 6.33 Å². The Kier molecular flexibility index (Phi) is 3.12. The molecule has 0 spiro atoms. The Balaban J connectivity index is 2.90. The first kappa shape index (κ1) is 11.7. The summed E-state index contributed by atoms with van der Waals surface area (Å²) in [6.45, 7) is 7.36. The van der Waals surface area contributed by atoms with Crippen LogP contribution in [0.15, 0.2) is 6.33 Å². The van der Waals surface area contributed by atoms with Gasteiger partial charge in [-0.15, -0.1) is 0 Å². The lowest BCUT2D eigenvalue weighted by molar-refractivity contribution is -0.146. The molecule has 5 nitrogen and oxygen atoms in total. The lowest BCUT2D eigenvalue weighted by Crippen LogP contribution is -2.28. The van der Waals surface area contributed by atoms with Crippen LogP contribution in [0.3, 0.4) is 0 Å². The van der Waals surface area contributed by atoms with Gasteiger partial charge in [-0.1, -0.05) is 0 Å². The third kappa shape index (κ3) is 2.55. The van der Waals surface area contributed by atoms with Gasteiger partial charge in [-0.25, -0.2) is 9.67 Å². The average molecular weight is 211 g/mol. The minimum Gasteiger partial charge on any atom is -0.481 e. The van der Waals surface area contributed by atoms with Gasteiger partial charge in [0.1, 0.15) is 12.2 Å². The zero-order valence-corrected chi connectivity index (χ0v) is 9.56. The smallest absolute Gasteiger partial charge is 0.309 e. The first-order valence-corrected chi connectivity index (χ1v) is 4.96. The first-order chi connectivity index (χ1) is 6.84. The number of hydrogen-bond donors (Lipinski definition) is 1. The van der Waals surface area contributed by atoms with E-state index in [1.54, 1.807) is 18.5 Å². The summed E-state index contributed by atoms with van der Waals surface area (Å²) in [6, 6.07) is 0.201. The summed E-state index contributed by atoms with van der Waals surface area (Å²) >= 11 is 0. The molecule has 84 valence electrons. The fraction of sp³-hybridized carbons (Fsp3) is 0.700. The first-order valence-electron chi connectivity index (χ1n) is 4.96. The Morgan fingerprint density at radius 1 is 1.60 bits per heavy atom. The number of hydrogen-bond acceptors (Lipinski definition) is 3. The van der Waals surface area contributed by atoms with Gasteiger partial charge in [0.15, 0.2) is 0 Å². The minimum atomic E-state index is -0.819. The van der Waals surface area contributed by atoms with Crippen LogP contribution in [0.2, 0.25) is 0 Å². The van der Waals surface area contributed by atoms with Gasteiger partial charge in [0.25, 0.3) is 0 Å². The van der Waals surface area contributed by atoms with Gasteiger partial charge < -0.3 is 5.11 Å². The molecule has 0 fully saturated rings. The Morgan fingerprint density at radius 3 is 2.67 bits per heavy atom. The normalized spacial score (nSPS) is 12.1. The molecule has 0 aliphatic heterocycles. The largest absolute Gasteiger partial charge is 0.481 e. The highest BCUT2D eigenvalue weighted by molar-refractivity contribution is 5.73. The Labute approximate surface area is 89.1 Å². The molecular weight excluding hydrogens is 194 g/mol. The summed E-state index contributed by atoms with van der Waals surface area (Å²) in [7, 11) is 0. The molecule has 1 heterocycles. The molecular formula is C10H17N3O2. The number of carboxylic acids is 1. The topological polar surface area (TPSA) is 68.0 Å². The van der Waals surface area contributed by atoms with E-state index in [0.29, 0.717) is 6.42 Å². The summed E-state index contributed by atoms with van der Waals surface area (Å²) in [5.74, 6) is -0.0989. The maximum Gasteiger partial charge on any atom is 0.309 e. The van der Waals surface area contributed by atoms with Crippen molar-refractivity contribution < 1.29 is 9.90 Å². The van der Waals surface area contributed by atoms with Crippen molar-refractivity contribution >= 4 is 5.97 Å². The van der Waals surface area contributed by atoms with E-state index < -0.39 is 11.4 Å². The zero-order valence-electron chi connectivity index (χ0n) is 9.56. The monoisotopic (exact) mass is 211 g/mol. The molecule has 1 rings (SSSR count). The van der Waals surface area contributed by atoms with Crippen molar-refractivity contribution in [2.75, 3.05) is 0 Å². The van der Waals surface area contributed by atoms with Crippen LogP contribution in [0.4, 0.5) is 0 Å². The quantitative estimate of drug-likeness (QED) is 0.819. The zero-order chi connectivity index (χ0) is 11.6. The molecule has 0 aromatic carbocycles. The molecule has 1 aromatic rings. The van der Waals surface area contributed by atoms with Crippen LogP contribution in [-0.4, -0.2) is 25.8 Å². The molecule has 0 aliphatic carbocycles. The summed E-state index contributed by atoms with van der Waals surface area (Å²) in [5.41, 5.74) is -0.806. The van der Waals surface area contributed by atoms with E-state index in [2.05, 4.69) is 10.1 Å². The molecule has 0 aliphatic rings. The second-order valence-electron chi connectivity index (χ2n) is 4.58. The number of rotatable bonds is 4. The molecule has 0 saturated heterocycles. The van der Waals surface area contributed by atoms with Crippen LogP contribution in [0.1, 0.15) is 39.6 Å². The van der Waals surface area contributed by atoms with E-state index in [0.717, 1.165) is 5.82 Å². The van der Waals surface area contributed by atoms with Crippen molar-refractivity contribution in [2.24, 2.45) is 5.41 Å². The molecule has 0 radical (unpaired) electrons. The van der Waals surface area contributed by atoms with Crippen molar-refractivity contribution in [1.82, 2.24) is 14.8 Å². The third-order valence-corrected chi connectivity index (χ3v) is 2.32. The number of carbonyl (C=O) groups is 1. The molecule has 0 bridgehead atoms. The molecule has 15 heavy (non-hydrogen) atoms. The summed E-state index contributed by atoms with van der Waals surface area (Å²) in [5, 5.41) is 13.1. The van der Waals surface area contributed by atoms with Crippen LogP contribution >= 0.6 is 0 Å².